The van der Waals surface area contributed by atoms with E-state index < -0.39 is 5.41 Å². The summed E-state index contributed by atoms with van der Waals surface area (Å²) in [5.41, 5.74) is 0.192. The lowest BCUT2D eigenvalue weighted by Gasteiger charge is -2.41. The fourth-order valence-electron chi connectivity index (χ4n) is 3.86. The first-order valence-corrected chi connectivity index (χ1v) is 9.96. The van der Waals surface area contributed by atoms with Gasteiger partial charge in [0.25, 0.3) is 0 Å². The SMILES string of the molecule is CC(C)(C(=O)N1CCN(C=O)CC1)C(=O)N1CCN(Cc2ccccc2)CC1. The van der Waals surface area contributed by atoms with Crippen LogP contribution < -0.4 is 0 Å². The number of piperazine rings is 2. The number of rotatable bonds is 5. The van der Waals surface area contributed by atoms with Gasteiger partial charge < -0.3 is 14.7 Å². The normalized spacial score (nSPS) is 18.9. The number of hydrogen-bond donors (Lipinski definition) is 0. The van der Waals surface area contributed by atoms with Gasteiger partial charge in [-0.3, -0.25) is 19.3 Å². The van der Waals surface area contributed by atoms with Gasteiger partial charge in [-0.25, -0.2) is 0 Å². The number of amides is 3. The predicted molar refractivity (Wildman–Crippen MR) is 106 cm³/mol. The average molecular weight is 386 g/mol. The van der Waals surface area contributed by atoms with Crippen LogP contribution in [0, 0.1) is 5.41 Å². The highest BCUT2D eigenvalue weighted by Gasteiger charge is 2.42. The van der Waals surface area contributed by atoms with Crippen LogP contribution in [0.4, 0.5) is 0 Å². The summed E-state index contributed by atoms with van der Waals surface area (Å²) in [6.07, 6.45) is 0.813. The summed E-state index contributed by atoms with van der Waals surface area (Å²) in [6, 6.07) is 10.3. The quantitative estimate of drug-likeness (QED) is 0.551. The van der Waals surface area contributed by atoms with Gasteiger partial charge in [0.2, 0.25) is 18.2 Å². The highest BCUT2D eigenvalue weighted by atomic mass is 16.2. The molecule has 0 spiro atoms. The lowest BCUT2D eigenvalue weighted by molar-refractivity contribution is -0.156. The number of hydrogen-bond acceptors (Lipinski definition) is 4. The van der Waals surface area contributed by atoms with Gasteiger partial charge in [-0.05, 0) is 19.4 Å². The number of benzene rings is 1. The molecule has 0 atom stereocenters. The summed E-state index contributed by atoms with van der Waals surface area (Å²) in [6.45, 7) is 9.24. The second-order valence-electron chi connectivity index (χ2n) is 8.11. The smallest absolute Gasteiger partial charge is 0.237 e. The molecule has 152 valence electrons. The Labute approximate surface area is 166 Å². The summed E-state index contributed by atoms with van der Waals surface area (Å²) >= 11 is 0. The minimum Gasteiger partial charge on any atom is -0.342 e. The Morgan fingerprint density at radius 2 is 1.36 bits per heavy atom. The van der Waals surface area contributed by atoms with Crippen molar-refractivity contribution in [1.82, 2.24) is 19.6 Å². The molecule has 7 nitrogen and oxygen atoms in total. The molecule has 1 aromatic carbocycles. The zero-order chi connectivity index (χ0) is 20.1. The van der Waals surface area contributed by atoms with E-state index >= 15 is 0 Å². The molecule has 2 heterocycles. The van der Waals surface area contributed by atoms with Gasteiger partial charge in [0.15, 0.2) is 0 Å². The fourth-order valence-corrected chi connectivity index (χ4v) is 3.86. The maximum absolute atomic E-state index is 13.1. The van der Waals surface area contributed by atoms with Crippen LogP contribution in [0.2, 0.25) is 0 Å². The maximum Gasteiger partial charge on any atom is 0.237 e. The second-order valence-corrected chi connectivity index (χ2v) is 8.11. The van der Waals surface area contributed by atoms with Crippen LogP contribution in [0.15, 0.2) is 30.3 Å². The van der Waals surface area contributed by atoms with E-state index in [1.807, 2.05) is 23.1 Å². The molecule has 0 aliphatic carbocycles. The van der Waals surface area contributed by atoms with Crippen molar-refractivity contribution in [2.24, 2.45) is 5.41 Å². The molecule has 28 heavy (non-hydrogen) atoms. The molecule has 0 radical (unpaired) electrons. The monoisotopic (exact) mass is 386 g/mol. The van der Waals surface area contributed by atoms with E-state index in [0.717, 1.165) is 26.0 Å². The highest BCUT2D eigenvalue weighted by molar-refractivity contribution is 6.04. The minimum atomic E-state index is -1.08. The zero-order valence-corrected chi connectivity index (χ0v) is 16.8. The molecule has 2 fully saturated rings. The molecule has 2 aliphatic heterocycles. The highest BCUT2D eigenvalue weighted by Crippen LogP contribution is 2.24. The van der Waals surface area contributed by atoms with Crippen LogP contribution in [-0.2, 0) is 20.9 Å². The number of nitrogens with zero attached hydrogens (tertiary/aromatic N) is 4. The summed E-state index contributed by atoms with van der Waals surface area (Å²) in [7, 11) is 0. The van der Waals surface area contributed by atoms with Crippen LogP contribution >= 0.6 is 0 Å². The third-order valence-corrected chi connectivity index (χ3v) is 5.73. The van der Waals surface area contributed by atoms with Gasteiger partial charge in [0, 0.05) is 58.9 Å². The van der Waals surface area contributed by atoms with Crippen molar-refractivity contribution in [3.05, 3.63) is 35.9 Å². The first kappa shape index (κ1) is 20.3. The van der Waals surface area contributed by atoms with E-state index in [-0.39, 0.29) is 11.8 Å². The van der Waals surface area contributed by atoms with Crippen molar-refractivity contribution in [2.75, 3.05) is 52.4 Å². The van der Waals surface area contributed by atoms with Crippen LogP contribution in [0.5, 0.6) is 0 Å². The van der Waals surface area contributed by atoms with Gasteiger partial charge >= 0.3 is 0 Å². The fraction of sp³-hybridized carbons (Fsp3) is 0.571. The Kier molecular flexibility index (Phi) is 6.34. The van der Waals surface area contributed by atoms with Crippen molar-refractivity contribution in [3.63, 3.8) is 0 Å². The largest absolute Gasteiger partial charge is 0.342 e. The predicted octanol–water partition coefficient (Wildman–Crippen LogP) is 0.658. The summed E-state index contributed by atoms with van der Waals surface area (Å²) in [5, 5.41) is 0. The molecule has 0 unspecified atom stereocenters. The molecule has 2 aliphatic rings. The Morgan fingerprint density at radius 3 is 1.86 bits per heavy atom. The van der Waals surface area contributed by atoms with E-state index in [1.165, 1.54) is 5.56 Å². The zero-order valence-electron chi connectivity index (χ0n) is 16.8. The summed E-state index contributed by atoms with van der Waals surface area (Å²) in [5.74, 6) is -0.246. The van der Waals surface area contributed by atoms with Crippen LogP contribution in [0.1, 0.15) is 19.4 Å². The lowest BCUT2D eigenvalue weighted by Crippen LogP contribution is -2.58. The Balaban J connectivity index is 1.53. The first-order valence-electron chi connectivity index (χ1n) is 9.96. The topological polar surface area (TPSA) is 64.2 Å². The molecule has 1 aromatic rings. The molecule has 7 heteroatoms. The van der Waals surface area contributed by atoms with E-state index in [9.17, 15) is 14.4 Å². The van der Waals surface area contributed by atoms with E-state index in [0.29, 0.717) is 39.3 Å². The second kappa shape index (κ2) is 8.73. The van der Waals surface area contributed by atoms with Crippen molar-refractivity contribution in [2.45, 2.75) is 20.4 Å². The average Bonchev–Trinajstić information content (AvgIpc) is 2.74. The molecular formula is C21H30N4O3. The van der Waals surface area contributed by atoms with Crippen molar-refractivity contribution in [3.8, 4) is 0 Å². The molecule has 0 aromatic heterocycles. The molecule has 0 bridgehead atoms. The molecule has 3 rings (SSSR count). The van der Waals surface area contributed by atoms with Crippen LogP contribution in [-0.4, -0.2) is 90.2 Å². The van der Waals surface area contributed by atoms with Gasteiger partial charge in [-0.15, -0.1) is 0 Å². The maximum atomic E-state index is 13.1. The van der Waals surface area contributed by atoms with Crippen molar-refractivity contribution < 1.29 is 14.4 Å². The lowest BCUT2D eigenvalue weighted by atomic mass is 9.89. The molecular weight excluding hydrogens is 356 g/mol. The standard InChI is InChI=1S/C21H30N4O3/c1-21(2,20(28)25-14-10-23(17-26)11-15-25)19(27)24-12-8-22(9-13-24)16-18-6-4-3-5-7-18/h3-7,17H,8-16H2,1-2H3. The molecule has 2 saturated heterocycles. The van der Waals surface area contributed by atoms with Crippen LogP contribution in [0.3, 0.4) is 0 Å². The first-order chi connectivity index (χ1) is 13.4. The summed E-state index contributed by atoms with van der Waals surface area (Å²) < 4.78 is 0. The van der Waals surface area contributed by atoms with Crippen molar-refractivity contribution >= 4 is 18.2 Å². The van der Waals surface area contributed by atoms with Gasteiger partial charge in [-0.1, -0.05) is 30.3 Å². The van der Waals surface area contributed by atoms with E-state index in [4.69, 9.17) is 0 Å². The van der Waals surface area contributed by atoms with E-state index in [1.54, 1.807) is 23.6 Å². The molecule has 3 amide bonds. The summed E-state index contributed by atoms with van der Waals surface area (Å²) in [4.78, 5) is 44.4. The Morgan fingerprint density at radius 1 is 0.857 bits per heavy atom. The third-order valence-electron chi connectivity index (χ3n) is 5.73. The molecule has 0 saturated carbocycles. The van der Waals surface area contributed by atoms with E-state index in [2.05, 4.69) is 17.0 Å². The minimum absolute atomic E-state index is 0.102. The number of carbonyl (C=O) groups excluding carboxylic acids is 3. The Hall–Kier alpha value is -2.41. The van der Waals surface area contributed by atoms with Gasteiger partial charge in [0.1, 0.15) is 5.41 Å². The Bertz CT molecular complexity index is 691. The van der Waals surface area contributed by atoms with Gasteiger partial charge in [-0.2, -0.15) is 0 Å². The van der Waals surface area contributed by atoms with Crippen molar-refractivity contribution in [1.29, 1.82) is 0 Å². The van der Waals surface area contributed by atoms with Gasteiger partial charge in [0.05, 0.1) is 0 Å². The number of carbonyl (C=O) groups is 3. The molecule has 0 N–H and O–H groups in total. The third kappa shape index (κ3) is 4.52. The van der Waals surface area contributed by atoms with Crippen LogP contribution in [0.25, 0.3) is 0 Å².